The van der Waals surface area contributed by atoms with E-state index in [9.17, 15) is 0 Å². The Labute approximate surface area is 118 Å². The summed E-state index contributed by atoms with van der Waals surface area (Å²) in [5, 5.41) is 0. The molecule has 2 aromatic rings. The summed E-state index contributed by atoms with van der Waals surface area (Å²) in [7, 11) is 1.57. The molecule has 0 radical (unpaired) electrons. The van der Waals surface area contributed by atoms with Crippen LogP contribution in [0.15, 0.2) is 36.7 Å². The first-order valence-corrected chi connectivity index (χ1v) is 6.59. The van der Waals surface area contributed by atoms with Gasteiger partial charge in [-0.25, -0.2) is 9.97 Å². The van der Waals surface area contributed by atoms with Gasteiger partial charge in [0.15, 0.2) is 0 Å². The van der Waals surface area contributed by atoms with E-state index >= 15 is 0 Å². The first-order valence-electron chi connectivity index (χ1n) is 6.59. The number of methoxy groups -OCH3 is 1. The van der Waals surface area contributed by atoms with Crippen LogP contribution in [0, 0.1) is 0 Å². The molecule has 2 N–H and O–H groups in total. The van der Waals surface area contributed by atoms with Gasteiger partial charge in [-0.15, -0.1) is 0 Å². The van der Waals surface area contributed by atoms with Crippen molar-refractivity contribution >= 4 is 0 Å². The third-order valence-corrected chi connectivity index (χ3v) is 2.90. The molecule has 1 heterocycles. The van der Waals surface area contributed by atoms with Crippen LogP contribution in [0.25, 0.3) is 0 Å². The Hall–Kier alpha value is -2.14. The van der Waals surface area contributed by atoms with Crippen molar-refractivity contribution in [1.29, 1.82) is 0 Å². The summed E-state index contributed by atoms with van der Waals surface area (Å²) in [6, 6.07) is 9.17. The van der Waals surface area contributed by atoms with Crippen LogP contribution in [0.4, 0.5) is 0 Å². The normalized spacial score (nSPS) is 11.9. The van der Waals surface area contributed by atoms with Crippen molar-refractivity contribution in [3.63, 3.8) is 0 Å². The summed E-state index contributed by atoms with van der Waals surface area (Å²) < 4.78 is 10.6. The minimum Gasteiger partial charge on any atom is -0.494 e. The van der Waals surface area contributed by atoms with Gasteiger partial charge in [0.25, 0.3) is 0 Å². The first-order chi connectivity index (χ1) is 9.74. The second kappa shape index (κ2) is 6.86. The molecule has 2 rings (SSSR count). The van der Waals surface area contributed by atoms with Crippen molar-refractivity contribution in [1.82, 2.24) is 9.97 Å². The minimum absolute atomic E-state index is 0.313. The van der Waals surface area contributed by atoms with E-state index in [1.54, 1.807) is 13.2 Å². The summed E-state index contributed by atoms with van der Waals surface area (Å²) in [6.07, 6.45) is 2.44. The zero-order valence-corrected chi connectivity index (χ0v) is 11.7. The van der Waals surface area contributed by atoms with Crippen LogP contribution in [0.5, 0.6) is 11.6 Å². The van der Waals surface area contributed by atoms with Crippen LogP contribution in [-0.4, -0.2) is 23.7 Å². The van der Waals surface area contributed by atoms with Crippen LogP contribution >= 0.6 is 0 Å². The Morgan fingerprint density at radius 2 is 1.95 bits per heavy atom. The number of nitrogens with two attached hydrogens (primary N) is 1. The Kier molecular flexibility index (Phi) is 4.90. The van der Waals surface area contributed by atoms with Crippen molar-refractivity contribution < 1.29 is 9.47 Å². The molecular weight excluding hydrogens is 254 g/mol. The minimum atomic E-state index is -0.313. The molecular formula is C15H19N3O2. The Morgan fingerprint density at radius 3 is 2.60 bits per heavy atom. The lowest BCUT2D eigenvalue weighted by Gasteiger charge is -2.13. The van der Waals surface area contributed by atoms with E-state index in [-0.39, 0.29) is 6.04 Å². The molecule has 0 aliphatic rings. The molecule has 0 fully saturated rings. The van der Waals surface area contributed by atoms with Gasteiger partial charge in [-0.2, -0.15) is 0 Å². The molecule has 0 aliphatic carbocycles. The molecule has 0 spiro atoms. The van der Waals surface area contributed by atoms with Crippen molar-refractivity contribution in [2.45, 2.75) is 19.4 Å². The smallest absolute Gasteiger partial charge is 0.216 e. The summed E-state index contributed by atoms with van der Waals surface area (Å²) in [6.45, 7) is 2.79. The van der Waals surface area contributed by atoms with Gasteiger partial charge in [-0.05, 0) is 24.1 Å². The van der Waals surface area contributed by atoms with E-state index in [1.165, 1.54) is 6.33 Å². The van der Waals surface area contributed by atoms with Crippen molar-refractivity contribution in [3.8, 4) is 11.6 Å². The predicted octanol–water partition coefficient (Wildman–Crippen LogP) is 2.32. The number of hydrogen-bond donors (Lipinski definition) is 1. The third kappa shape index (κ3) is 3.45. The maximum Gasteiger partial charge on any atom is 0.216 e. The topological polar surface area (TPSA) is 70.3 Å². The zero-order valence-electron chi connectivity index (χ0n) is 11.7. The summed E-state index contributed by atoms with van der Waals surface area (Å²) >= 11 is 0. The lowest BCUT2D eigenvalue weighted by molar-refractivity contribution is 0.317. The van der Waals surface area contributed by atoms with Gasteiger partial charge in [0.05, 0.1) is 25.5 Å². The van der Waals surface area contributed by atoms with Crippen molar-refractivity contribution in [3.05, 3.63) is 47.9 Å². The van der Waals surface area contributed by atoms with E-state index in [1.807, 2.05) is 24.3 Å². The van der Waals surface area contributed by atoms with E-state index in [0.717, 1.165) is 23.4 Å². The fourth-order valence-electron chi connectivity index (χ4n) is 1.80. The van der Waals surface area contributed by atoms with E-state index < -0.39 is 0 Å². The largest absolute Gasteiger partial charge is 0.494 e. The van der Waals surface area contributed by atoms with Crippen molar-refractivity contribution in [2.75, 3.05) is 13.7 Å². The predicted molar refractivity (Wildman–Crippen MR) is 76.8 cm³/mol. The number of aromatic nitrogens is 2. The lowest BCUT2D eigenvalue weighted by atomic mass is 10.0. The van der Waals surface area contributed by atoms with Crippen LogP contribution in [0.3, 0.4) is 0 Å². The molecule has 1 atom stereocenters. The number of ether oxygens (including phenoxy) is 2. The highest BCUT2D eigenvalue weighted by Gasteiger charge is 2.11. The average molecular weight is 273 g/mol. The molecule has 106 valence electrons. The molecule has 1 unspecified atom stereocenters. The highest BCUT2D eigenvalue weighted by molar-refractivity contribution is 5.33. The number of rotatable bonds is 6. The highest BCUT2D eigenvalue weighted by atomic mass is 16.5. The van der Waals surface area contributed by atoms with Crippen LogP contribution in [0.1, 0.15) is 30.6 Å². The number of nitrogens with zero attached hydrogens (tertiary/aromatic N) is 2. The molecule has 0 bridgehead atoms. The Bertz CT molecular complexity index is 543. The van der Waals surface area contributed by atoms with E-state index in [4.69, 9.17) is 15.2 Å². The van der Waals surface area contributed by atoms with Gasteiger partial charge in [0.1, 0.15) is 12.1 Å². The van der Waals surface area contributed by atoms with Crippen molar-refractivity contribution in [2.24, 2.45) is 5.73 Å². The summed E-state index contributed by atoms with van der Waals surface area (Å²) in [5.74, 6) is 1.36. The molecule has 0 amide bonds. The number of hydrogen-bond acceptors (Lipinski definition) is 5. The molecule has 20 heavy (non-hydrogen) atoms. The Balaban J connectivity index is 2.13. The van der Waals surface area contributed by atoms with E-state index in [0.29, 0.717) is 12.5 Å². The molecule has 1 aromatic carbocycles. The molecule has 5 nitrogen and oxygen atoms in total. The summed E-state index contributed by atoms with van der Waals surface area (Å²) in [5.41, 5.74) is 7.89. The maximum absolute atomic E-state index is 6.20. The summed E-state index contributed by atoms with van der Waals surface area (Å²) in [4.78, 5) is 8.16. The molecule has 0 aliphatic heterocycles. The fourth-order valence-corrected chi connectivity index (χ4v) is 1.80. The molecule has 1 aromatic heterocycles. The average Bonchev–Trinajstić information content (AvgIpc) is 2.52. The number of benzene rings is 1. The lowest BCUT2D eigenvalue weighted by Crippen LogP contribution is -2.13. The second-order valence-electron chi connectivity index (χ2n) is 4.38. The van der Waals surface area contributed by atoms with Gasteiger partial charge in [0.2, 0.25) is 5.88 Å². The van der Waals surface area contributed by atoms with Gasteiger partial charge in [-0.1, -0.05) is 19.1 Å². The molecule has 0 saturated carbocycles. The zero-order chi connectivity index (χ0) is 14.4. The van der Waals surface area contributed by atoms with Crippen LogP contribution in [0.2, 0.25) is 0 Å². The van der Waals surface area contributed by atoms with E-state index in [2.05, 4.69) is 16.9 Å². The highest BCUT2D eigenvalue weighted by Crippen LogP contribution is 2.22. The molecule has 0 saturated heterocycles. The van der Waals surface area contributed by atoms with Gasteiger partial charge < -0.3 is 15.2 Å². The third-order valence-electron chi connectivity index (χ3n) is 2.90. The molecule has 5 heteroatoms. The Morgan fingerprint density at radius 1 is 1.20 bits per heavy atom. The first kappa shape index (κ1) is 14.3. The van der Waals surface area contributed by atoms with Crippen LogP contribution < -0.4 is 15.2 Å². The standard InChI is InChI=1S/C15H19N3O2/c1-3-8-20-12-6-4-11(5-7-12)15(16)13-9-14(19-2)18-10-17-13/h4-7,9-10,15H,3,8,16H2,1-2H3. The second-order valence-corrected chi connectivity index (χ2v) is 4.38. The monoisotopic (exact) mass is 273 g/mol. The van der Waals surface area contributed by atoms with Gasteiger partial charge in [0, 0.05) is 6.07 Å². The van der Waals surface area contributed by atoms with Crippen LogP contribution in [-0.2, 0) is 0 Å². The fraction of sp³-hybridized carbons (Fsp3) is 0.333. The quantitative estimate of drug-likeness (QED) is 0.874. The SMILES string of the molecule is CCCOc1ccc(C(N)c2cc(OC)ncn2)cc1. The maximum atomic E-state index is 6.20. The van der Waals surface area contributed by atoms with Gasteiger partial charge >= 0.3 is 0 Å². The van der Waals surface area contributed by atoms with Gasteiger partial charge in [-0.3, -0.25) is 0 Å².